The highest BCUT2D eigenvalue weighted by molar-refractivity contribution is 5.87. The minimum absolute atomic E-state index is 0.00605. The van der Waals surface area contributed by atoms with Crippen LogP contribution < -0.4 is 5.32 Å². The minimum Gasteiger partial charge on any atom is -0.480 e. The first-order valence-electron chi connectivity index (χ1n) is 7.81. The second-order valence-corrected chi connectivity index (χ2v) is 5.21. The Morgan fingerprint density at radius 3 is 2.22 bits per heavy atom. The van der Waals surface area contributed by atoms with Crippen LogP contribution in [0.15, 0.2) is 30.3 Å². The van der Waals surface area contributed by atoms with E-state index in [-0.39, 0.29) is 25.2 Å². The van der Waals surface area contributed by atoms with Gasteiger partial charge in [-0.2, -0.15) is 0 Å². The predicted octanol–water partition coefficient (Wildman–Crippen LogP) is 1.45. The molecule has 6 heteroatoms. The number of carboxylic acids is 1. The summed E-state index contributed by atoms with van der Waals surface area (Å²) in [5, 5.41) is 11.7. The molecule has 6 nitrogen and oxygen atoms in total. The summed E-state index contributed by atoms with van der Waals surface area (Å²) in [6, 6.07) is 8.11. The zero-order valence-electron chi connectivity index (χ0n) is 13.6. The fourth-order valence-corrected chi connectivity index (χ4v) is 2.27. The van der Waals surface area contributed by atoms with Crippen molar-refractivity contribution in [3.05, 3.63) is 35.9 Å². The van der Waals surface area contributed by atoms with E-state index < -0.39 is 17.9 Å². The zero-order valence-corrected chi connectivity index (χ0v) is 13.6. The standard InChI is InChI=1S/C17H24N2O4/c1-3-19(4-2)16(21)11-10-15(20)18-14(17(22)23)12-13-8-6-5-7-9-13/h5-9,14H,3-4,10-12H2,1-2H3,(H,18,20)(H,22,23)/t14-/m1/s1. The Morgan fingerprint density at radius 2 is 1.70 bits per heavy atom. The molecule has 2 amide bonds. The monoisotopic (exact) mass is 320 g/mol. The Labute approximate surface area is 136 Å². The summed E-state index contributed by atoms with van der Waals surface area (Å²) >= 11 is 0. The maximum atomic E-state index is 11.9. The molecule has 0 fully saturated rings. The molecule has 0 aliphatic heterocycles. The van der Waals surface area contributed by atoms with Gasteiger partial charge in [0.15, 0.2) is 0 Å². The lowest BCUT2D eigenvalue weighted by atomic mass is 10.1. The van der Waals surface area contributed by atoms with E-state index in [1.807, 2.05) is 44.2 Å². The fourth-order valence-electron chi connectivity index (χ4n) is 2.27. The number of rotatable bonds is 9. The number of amides is 2. The number of hydrogen-bond acceptors (Lipinski definition) is 3. The van der Waals surface area contributed by atoms with E-state index in [2.05, 4.69) is 5.32 Å². The third kappa shape index (κ3) is 6.50. The largest absolute Gasteiger partial charge is 0.480 e. The number of carbonyl (C=O) groups is 3. The Bertz CT molecular complexity index is 527. The van der Waals surface area contributed by atoms with E-state index >= 15 is 0 Å². The van der Waals surface area contributed by atoms with Crippen LogP contribution in [-0.2, 0) is 20.8 Å². The highest BCUT2D eigenvalue weighted by Gasteiger charge is 2.21. The lowest BCUT2D eigenvalue weighted by molar-refractivity contribution is -0.141. The molecule has 2 N–H and O–H groups in total. The van der Waals surface area contributed by atoms with E-state index in [0.717, 1.165) is 5.56 Å². The number of nitrogens with zero attached hydrogens (tertiary/aromatic N) is 1. The Kier molecular flexibility index (Phi) is 7.80. The second-order valence-electron chi connectivity index (χ2n) is 5.21. The minimum atomic E-state index is -1.09. The first-order chi connectivity index (χ1) is 11.0. The van der Waals surface area contributed by atoms with Gasteiger partial charge in [-0.15, -0.1) is 0 Å². The third-order valence-electron chi connectivity index (χ3n) is 3.60. The summed E-state index contributed by atoms with van der Waals surface area (Å²) in [6.45, 7) is 4.95. The van der Waals surface area contributed by atoms with Gasteiger partial charge in [0.25, 0.3) is 0 Å². The summed E-state index contributed by atoms with van der Waals surface area (Å²) in [6.07, 6.45) is 0.297. The summed E-state index contributed by atoms with van der Waals surface area (Å²) in [4.78, 5) is 36.7. The summed E-state index contributed by atoms with van der Waals surface area (Å²) in [7, 11) is 0. The molecule has 0 bridgehead atoms. The lowest BCUT2D eigenvalue weighted by Gasteiger charge is -2.19. The number of aliphatic carboxylic acids is 1. The number of carbonyl (C=O) groups excluding carboxylic acids is 2. The maximum Gasteiger partial charge on any atom is 0.326 e. The topological polar surface area (TPSA) is 86.7 Å². The number of nitrogens with one attached hydrogen (secondary N) is 1. The Balaban J connectivity index is 2.52. The molecular formula is C17H24N2O4. The molecule has 126 valence electrons. The molecule has 0 spiro atoms. The van der Waals surface area contributed by atoms with E-state index in [1.54, 1.807) is 4.90 Å². The molecule has 0 saturated carbocycles. The predicted molar refractivity (Wildman–Crippen MR) is 86.9 cm³/mol. The zero-order chi connectivity index (χ0) is 17.2. The third-order valence-corrected chi connectivity index (χ3v) is 3.60. The van der Waals surface area contributed by atoms with Crippen LogP contribution in [0.5, 0.6) is 0 Å². The fraction of sp³-hybridized carbons (Fsp3) is 0.471. The van der Waals surface area contributed by atoms with Crippen LogP contribution in [-0.4, -0.2) is 46.9 Å². The number of benzene rings is 1. The average molecular weight is 320 g/mol. The Hall–Kier alpha value is -2.37. The van der Waals surface area contributed by atoms with E-state index in [9.17, 15) is 19.5 Å². The van der Waals surface area contributed by atoms with Crippen molar-refractivity contribution >= 4 is 17.8 Å². The van der Waals surface area contributed by atoms with Crippen molar-refractivity contribution < 1.29 is 19.5 Å². The van der Waals surface area contributed by atoms with Crippen molar-refractivity contribution in [3.63, 3.8) is 0 Å². The van der Waals surface area contributed by atoms with Gasteiger partial charge in [0, 0.05) is 32.4 Å². The number of carboxylic acid groups (broad SMARTS) is 1. The van der Waals surface area contributed by atoms with Gasteiger partial charge in [0.2, 0.25) is 11.8 Å². The summed E-state index contributed by atoms with van der Waals surface area (Å²) in [5.41, 5.74) is 0.833. The SMILES string of the molecule is CCN(CC)C(=O)CCC(=O)N[C@H](Cc1ccccc1)C(=O)O. The summed E-state index contributed by atoms with van der Waals surface area (Å²) in [5.74, 6) is -1.61. The molecule has 1 aromatic rings. The van der Waals surface area contributed by atoms with Gasteiger partial charge in [-0.05, 0) is 19.4 Å². The smallest absolute Gasteiger partial charge is 0.326 e. The van der Waals surface area contributed by atoms with Crippen molar-refractivity contribution in [1.29, 1.82) is 0 Å². The maximum absolute atomic E-state index is 11.9. The molecule has 1 rings (SSSR count). The molecule has 1 atom stereocenters. The van der Waals surface area contributed by atoms with Crippen molar-refractivity contribution in [2.24, 2.45) is 0 Å². The van der Waals surface area contributed by atoms with Crippen LogP contribution in [0.4, 0.5) is 0 Å². The van der Waals surface area contributed by atoms with Crippen molar-refractivity contribution in [2.45, 2.75) is 39.2 Å². The van der Waals surface area contributed by atoms with E-state index in [4.69, 9.17) is 0 Å². The molecule has 0 aliphatic rings. The van der Waals surface area contributed by atoms with Crippen molar-refractivity contribution in [2.75, 3.05) is 13.1 Å². The quantitative estimate of drug-likeness (QED) is 0.721. The first kappa shape index (κ1) is 18.7. The molecule has 0 heterocycles. The molecular weight excluding hydrogens is 296 g/mol. The molecule has 0 unspecified atom stereocenters. The van der Waals surface area contributed by atoms with Crippen LogP contribution in [0.1, 0.15) is 32.3 Å². The molecule has 0 saturated heterocycles. The number of hydrogen-bond donors (Lipinski definition) is 2. The van der Waals surface area contributed by atoms with E-state index in [1.165, 1.54) is 0 Å². The van der Waals surface area contributed by atoms with Crippen molar-refractivity contribution in [3.8, 4) is 0 Å². The van der Waals surface area contributed by atoms with Crippen LogP contribution >= 0.6 is 0 Å². The first-order valence-corrected chi connectivity index (χ1v) is 7.81. The van der Waals surface area contributed by atoms with Gasteiger partial charge in [-0.1, -0.05) is 30.3 Å². The highest BCUT2D eigenvalue weighted by Crippen LogP contribution is 2.05. The molecule has 0 aliphatic carbocycles. The van der Waals surface area contributed by atoms with Gasteiger partial charge in [-0.3, -0.25) is 9.59 Å². The highest BCUT2D eigenvalue weighted by atomic mass is 16.4. The van der Waals surface area contributed by atoms with E-state index in [0.29, 0.717) is 13.1 Å². The molecule has 23 heavy (non-hydrogen) atoms. The molecule has 0 aromatic heterocycles. The molecule has 1 aromatic carbocycles. The normalized spacial score (nSPS) is 11.6. The summed E-state index contributed by atoms with van der Waals surface area (Å²) < 4.78 is 0. The lowest BCUT2D eigenvalue weighted by Crippen LogP contribution is -2.42. The van der Waals surface area contributed by atoms with Gasteiger partial charge < -0.3 is 15.3 Å². The van der Waals surface area contributed by atoms with Gasteiger partial charge >= 0.3 is 5.97 Å². The Morgan fingerprint density at radius 1 is 1.09 bits per heavy atom. The van der Waals surface area contributed by atoms with Crippen LogP contribution in [0.3, 0.4) is 0 Å². The average Bonchev–Trinajstić information content (AvgIpc) is 2.54. The van der Waals surface area contributed by atoms with Gasteiger partial charge in [0.1, 0.15) is 6.04 Å². The van der Waals surface area contributed by atoms with Crippen molar-refractivity contribution in [1.82, 2.24) is 10.2 Å². The van der Waals surface area contributed by atoms with Gasteiger partial charge in [-0.25, -0.2) is 4.79 Å². The van der Waals surface area contributed by atoms with Crippen LogP contribution in [0.2, 0.25) is 0 Å². The van der Waals surface area contributed by atoms with Gasteiger partial charge in [0.05, 0.1) is 0 Å². The second kappa shape index (κ2) is 9.61. The van der Waals surface area contributed by atoms with Crippen LogP contribution in [0.25, 0.3) is 0 Å². The van der Waals surface area contributed by atoms with Crippen LogP contribution in [0, 0.1) is 0 Å². The molecule has 0 radical (unpaired) electrons.